The lowest BCUT2D eigenvalue weighted by Gasteiger charge is -2.13. The van der Waals surface area contributed by atoms with Crippen LogP contribution in [0.25, 0.3) is 11.1 Å². The number of alkyl halides is 3. The Morgan fingerprint density at radius 2 is 1.41 bits per heavy atom. The zero-order valence-corrected chi connectivity index (χ0v) is 10.6. The van der Waals surface area contributed by atoms with Crippen molar-refractivity contribution in [2.45, 2.75) is 12.8 Å². The van der Waals surface area contributed by atoms with E-state index in [1.807, 2.05) is 0 Å². The highest BCUT2D eigenvalue weighted by molar-refractivity contribution is 5.66. The molecular weight excluding hydrogens is 317 g/mol. The lowest BCUT2D eigenvalue weighted by molar-refractivity contribution is -0.137. The standard InChI is InChI=1S/C14H7F7O/c15-10-8(5-22)11(16)13(18)9(12(10)17)6-2-1-3-7(4-6)14(19,20)21/h1-4,22H,5H2. The van der Waals surface area contributed by atoms with E-state index < -0.39 is 58.3 Å². The summed E-state index contributed by atoms with van der Waals surface area (Å²) in [7, 11) is 0. The van der Waals surface area contributed by atoms with Gasteiger partial charge in [-0.05, 0) is 17.7 Å². The second-order valence-corrected chi connectivity index (χ2v) is 4.35. The zero-order valence-electron chi connectivity index (χ0n) is 10.6. The Hall–Kier alpha value is -2.09. The van der Waals surface area contributed by atoms with Gasteiger partial charge in [0, 0.05) is 0 Å². The number of rotatable bonds is 2. The van der Waals surface area contributed by atoms with Crippen molar-refractivity contribution in [1.82, 2.24) is 0 Å². The average molecular weight is 324 g/mol. The molecule has 0 aliphatic carbocycles. The minimum absolute atomic E-state index is 0.374. The molecule has 0 aliphatic rings. The monoisotopic (exact) mass is 324 g/mol. The molecule has 0 aliphatic heterocycles. The third-order valence-corrected chi connectivity index (χ3v) is 2.99. The molecule has 0 amide bonds. The largest absolute Gasteiger partial charge is 0.416 e. The van der Waals surface area contributed by atoms with E-state index in [0.717, 1.165) is 12.1 Å². The Balaban J connectivity index is 2.74. The van der Waals surface area contributed by atoms with Crippen molar-refractivity contribution in [3.8, 4) is 11.1 Å². The number of hydrogen-bond donors (Lipinski definition) is 1. The first-order valence-corrected chi connectivity index (χ1v) is 5.81. The van der Waals surface area contributed by atoms with Gasteiger partial charge in [0.15, 0.2) is 23.3 Å². The fraction of sp³-hybridized carbons (Fsp3) is 0.143. The number of benzene rings is 2. The predicted octanol–water partition coefficient (Wildman–Crippen LogP) is 4.42. The molecule has 0 bridgehead atoms. The summed E-state index contributed by atoms with van der Waals surface area (Å²) in [6.45, 7) is -1.30. The molecule has 118 valence electrons. The SMILES string of the molecule is OCc1c(F)c(F)c(-c2cccc(C(F)(F)F)c2)c(F)c1F. The first-order valence-electron chi connectivity index (χ1n) is 5.81. The van der Waals surface area contributed by atoms with Crippen LogP contribution in [0.5, 0.6) is 0 Å². The van der Waals surface area contributed by atoms with Crippen LogP contribution in [0.2, 0.25) is 0 Å². The topological polar surface area (TPSA) is 20.2 Å². The van der Waals surface area contributed by atoms with Crippen molar-refractivity contribution < 1.29 is 35.8 Å². The maximum Gasteiger partial charge on any atom is 0.416 e. The quantitative estimate of drug-likeness (QED) is 0.640. The van der Waals surface area contributed by atoms with E-state index in [0.29, 0.717) is 12.1 Å². The van der Waals surface area contributed by atoms with Crippen LogP contribution in [0.1, 0.15) is 11.1 Å². The van der Waals surface area contributed by atoms with Gasteiger partial charge in [-0.25, -0.2) is 17.6 Å². The molecule has 0 atom stereocenters. The molecule has 0 fully saturated rings. The Morgan fingerprint density at radius 3 is 1.86 bits per heavy atom. The Bertz CT molecular complexity index is 693. The Labute approximate surface area is 119 Å². The van der Waals surface area contributed by atoms with Crippen molar-refractivity contribution >= 4 is 0 Å². The Morgan fingerprint density at radius 1 is 0.864 bits per heavy atom. The number of aliphatic hydroxyl groups is 1. The van der Waals surface area contributed by atoms with Crippen LogP contribution in [-0.4, -0.2) is 5.11 Å². The smallest absolute Gasteiger partial charge is 0.391 e. The number of aliphatic hydroxyl groups excluding tert-OH is 1. The lowest BCUT2D eigenvalue weighted by atomic mass is 9.99. The fourth-order valence-corrected chi connectivity index (χ4v) is 1.92. The second-order valence-electron chi connectivity index (χ2n) is 4.35. The van der Waals surface area contributed by atoms with E-state index in [1.165, 1.54) is 0 Å². The maximum absolute atomic E-state index is 13.8. The molecule has 2 aromatic carbocycles. The Kier molecular flexibility index (Phi) is 4.15. The normalized spacial score (nSPS) is 11.8. The van der Waals surface area contributed by atoms with Crippen LogP contribution in [0, 0.1) is 23.3 Å². The third-order valence-electron chi connectivity index (χ3n) is 2.99. The van der Waals surface area contributed by atoms with Crippen molar-refractivity contribution in [3.05, 3.63) is 58.7 Å². The van der Waals surface area contributed by atoms with E-state index in [4.69, 9.17) is 5.11 Å². The first-order chi connectivity index (χ1) is 10.2. The van der Waals surface area contributed by atoms with E-state index in [-0.39, 0.29) is 0 Å². The van der Waals surface area contributed by atoms with Crippen molar-refractivity contribution in [2.24, 2.45) is 0 Å². The molecule has 0 heterocycles. The highest BCUT2D eigenvalue weighted by atomic mass is 19.4. The predicted molar refractivity (Wildman–Crippen MR) is 62.6 cm³/mol. The molecule has 1 N–H and O–H groups in total. The van der Waals surface area contributed by atoms with E-state index >= 15 is 0 Å². The van der Waals surface area contributed by atoms with Crippen LogP contribution >= 0.6 is 0 Å². The van der Waals surface area contributed by atoms with Crippen molar-refractivity contribution in [1.29, 1.82) is 0 Å². The molecule has 0 radical (unpaired) electrons. The van der Waals surface area contributed by atoms with Gasteiger partial charge in [0.25, 0.3) is 0 Å². The van der Waals surface area contributed by atoms with Gasteiger partial charge in [-0.2, -0.15) is 13.2 Å². The highest BCUT2D eigenvalue weighted by Crippen LogP contribution is 2.36. The minimum atomic E-state index is -4.79. The summed E-state index contributed by atoms with van der Waals surface area (Å²) in [5.74, 6) is -7.45. The molecule has 0 saturated carbocycles. The molecule has 0 spiro atoms. The summed E-state index contributed by atoms with van der Waals surface area (Å²) in [6, 6.07) is 2.76. The summed E-state index contributed by atoms with van der Waals surface area (Å²) < 4.78 is 92.6. The number of hydrogen-bond acceptors (Lipinski definition) is 1. The molecular formula is C14H7F7O. The lowest BCUT2D eigenvalue weighted by Crippen LogP contribution is -2.08. The second kappa shape index (κ2) is 5.60. The molecule has 0 saturated heterocycles. The number of halogens is 7. The fourth-order valence-electron chi connectivity index (χ4n) is 1.92. The van der Waals surface area contributed by atoms with Gasteiger partial charge in [0.2, 0.25) is 0 Å². The van der Waals surface area contributed by atoms with Crippen LogP contribution in [-0.2, 0) is 12.8 Å². The molecule has 22 heavy (non-hydrogen) atoms. The van der Waals surface area contributed by atoms with Crippen LogP contribution in [0.15, 0.2) is 24.3 Å². The van der Waals surface area contributed by atoms with Crippen molar-refractivity contribution in [2.75, 3.05) is 0 Å². The van der Waals surface area contributed by atoms with E-state index in [1.54, 1.807) is 0 Å². The average Bonchev–Trinajstić information content (AvgIpc) is 2.46. The van der Waals surface area contributed by atoms with Gasteiger partial charge >= 0.3 is 6.18 Å². The highest BCUT2D eigenvalue weighted by Gasteiger charge is 2.32. The van der Waals surface area contributed by atoms with Gasteiger partial charge in [-0.3, -0.25) is 0 Å². The summed E-state index contributed by atoms with van der Waals surface area (Å²) in [5.41, 5.74) is -4.40. The van der Waals surface area contributed by atoms with Gasteiger partial charge in [0.1, 0.15) is 0 Å². The minimum Gasteiger partial charge on any atom is -0.391 e. The summed E-state index contributed by atoms with van der Waals surface area (Å²) in [5, 5.41) is 8.70. The third kappa shape index (κ3) is 2.66. The molecule has 0 unspecified atom stereocenters. The van der Waals surface area contributed by atoms with Crippen LogP contribution < -0.4 is 0 Å². The van der Waals surface area contributed by atoms with Gasteiger partial charge < -0.3 is 5.11 Å². The molecule has 2 rings (SSSR count). The molecule has 8 heteroatoms. The van der Waals surface area contributed by atoms with Gasteiger partial charge in [-0.1, -0.05) is 12.1 Å². The van der Waals surface area contributed by atoms with E-state index in [9.17, 15) is 30.7 Å². The van der Waals surface area contributed by atoms with Crippen molar-refractivity contribution in [3.63, 3.8) is 0 Å². The van der Waals surface area contributed by atoms with Crippen LogP contribution in [0.3, 0.4) is 0 Å². The molecule has 1 nitrogen and oxygen atoms in total. The summed E-state index contributed by atoms with van der Waals surface area (Å²) in [6.07, 6.45) is -4.79. The van der Waals surface area contributed by atoms with Crippen LogP contribution in [0.4, 0.5) is 30.7 Å². The van der Waals surface area contributed by atoms with E-state index in [2.05, 4.69) is 0 Å². The summed E-state index contributed by atoms with van der Waals surface area (Å²) >= 11 is 0. The van der Waals surface area contributed by atoms with Gasteiger partial charge in [-0.15, -0.1) is 0 Å². The zero-order chi connectivity index (χ0) is 16.7. The maximum atomic E-state index is 13.8. The first kappa shape index (κ1) is 16.3. The molecule has 0 aromatic heterocycles. The molecule has 2 aromatic rings. The van der Waals surface area contributed by atoms with Gasteiger partial charge in [0.05, 0.1) is 23.3 Å². The summed E-state index contributed by atoms with van der Waals surface area (Å²) in [4.78, 5) is 0.